The number of amides is 2. The second-order valence-corrected chi connectivity index (χ2v) is 9.74. The van der Waals surface area contributed by atoms with Crippen molar-refractivity contribution in [3.05, 3.63) is 29.8 Å². The maximum Gasteiger partial charge on any atom is 0.233 e. The number of hydrogen-bond acceptors (Lipinski definition) is 5. The van der Waals surface area contributed by atoms with Crippen molar-refractivity contribution >= 4 is 33.4 Å². The largest absolute Gasteiger partial charge is 0.335 e. The molecule has 2 atom stereocenters. The summed E-state index contributed by atoms with van der Waals surface area (Å²) in [5.41, 5.74) is 1.11. The quantitative estimate of drug-likeness (QED) is 0.728. The monoisotopic (exact) mass is 382 g/mol. The van der Waals surface area contributed by atoms with E-state index in [0.29, 0.717) is 13.1 Å². The van der Waals surface area contributed by atoms with E-state index in [2.05, 4.69) is 0 Å². The van der Waals surface area contributed by atoms with Gasteiger partial charge < -0.3 is 9.80 Å². The molecule has 136 valence electrons. The molecule has 2 heterocycles. The Morgan fingerprint density at radius 1 is 1.12 bits per heavy atom. The van der Waals surface area contributed by atoms with Crippen LogP contribution in [-0.2, 0) is 19.4 Å². The first kappa shape index (κ1) is 18.3. The number of carbonyl (C=O) groups is 2. The fourth-order valence-electron chi connectivity index (χ4n) is 3.59. The van der Waals surface area contributed by atoms with Crippen molar-refractivity contribution < 1.29 is 18.0 Å². The lowest BCUT2D eigenvalue weighted by Gasteiger charge is -2.43. The molecule has 8 heteroatoms. The van der Waals surface area contributed by atoms with Crippen LogP contribution in [-0.4, -0.2) is 72.5 Å². The Labute approximate surface area is 152 Å². The lowest BCUT2D eigenvalue weighted by atomic mass is 10.0. The van der Waals surface area contributed by atoms with Crippen LogP contribution in [0, 0.1) is 6.92 Å². The number of aryl methyl sites for hydroxylation is 1. The summed E-state index contributed by atoms with van der Waals surface area (Å²) in [5, 5.41) is 0. The molecule has 25 heavy (non-hydrogen) atoms. The number of nitrogens with zero attached hydrogens (tertiary/aromatic N) is 2. The third kappa shape index (κ3) is 3.84. The Kier molecular flexibility index (Phi) is 5.11. The number of rotatable bonds is 3. The van der Waals surface area contributed by atoms with E-state index in [-0.39, 0.29) is 29.1 Å². The highest BCUT2D eigenvalue weighted by Crippen LogP contribution is 2.29. The molecular weight excluding hydrogens is 360 g/mol. The molecule has 0 N–H and O–H groups in total. The number of carbonyl (C=O) groups excluding carboxylic acids is 2. The third-order valence-corrected chi connectivity index (χ3v) is 7.70. The van der Waals surface area contributed by atoms with Crippen molar-refractivity contribution in [1.29, 1.82) is 0 Å². The minimum Gasteiger partial charge on any atom is -0.335 e. The van der Waals surface area contributed by atoms with E-state index in [4.69, 9.17) is 0 Å². The highest BCUT2D eigenvalue weighted by Gasteiger charge is 2.48. The number of sulfone groups is 1. The van der Waals surface area contributed by atoms with E-state index in [1.54, 1.807) is 9.80 Å². The van der Waals surface area contributed by atoms with E-state index in [9.17, 15) is 18.0 Å². The van der Waals surface area contributed by atoms with E-state index < -0.39 is 21.9 Å². The van der Waals surface area contributed by atoms with Gasteiger partial charge in [0.2, 0.25) is 11.8 Å². The second-order valence-electron chi connectivity index (χ2n) is 6.57. The van der Waals surface area contributed by atoms with Crippen molar-refractivity contribution in [3.8, 4) is 0 Å². The van der Waals surface area contributed by atoms with Crippen LogP contribution in [0.25, 0.3) is 0 Å². The molecule has 1 aromatic rings. The second kappa shape index (κ2) is 6.99. The first-order valence-corrected chi connectivity index (χ1v) is 11.0. The van der Waals surface area contributed by atoms with E-state index in [1.165, 1.54) is 18.7 Å². The molecule has 0 saturated carbocycles. The van der Waals surface area contributed by atoms with Gasteiger partial charge in [0.25, 0.3) is 0 Å². The van der Waals surface area contributed by atoms with Crippen LogP contribution < -0.4 is 0 Å². The molecule has 1 aromatic carbocycles. The summed E-state index contributed by atoms with van der Waals surface area (Å²) in [6.45, 7) is 4.24. The highest BCUT2D eigenvalue weighted by molar-refractivity contribution is 8.00. The first-order chi connectivity index (χ1) is 11.8. The maximum absolute atomic E-state index is 12.7. The van der Waals surface area contributed by atoms with Gasteiger partial charge in [0.05, 0.1) is 29.3 Å². The van der Waals surface area contributed by atoms with Crippen molar-refractivity contribution in [2.45, 2.75) is 30.8 Å². The zero-order chi connectivity index (χ0) is 18.2. The first-order valence-electron chi connectivity index (χ1n) is 8.24. The average molecular weight is 383 g/mol. The van der Waals surface area contributed by atoms with E-state index >= 15 is 0 Å². The maximum atomic E-state index is 12.7. The Balaban J connectivity index is 1.72. The van der Waals surface area contributed by atoms with Crippen molar-refractivity contribution in [2.75, 3.05) is 30.3 Å². The molecule has 2 aliphatic rings. The normalized spacial score (nSPS) is 24.9. The molecule has 2 aliphatic heterocycles. The van der Waals surface area contributed by atoms with Crippen LogP contribution in [0.1, 0.15) is 12.5 Å². The van der Waals surface area contributed by atoms with Gasteiger partial charge in [-0.25, -0.2) is 8.42 Å². The van der Waals surface area contributed by atoms with Crippen LogP contribution in [0.3, 0.4) is 0 Å². The number of piperazine rings is 1. The number of thioether (sulfide) groups is 1. The molecule has 2 fully saturated rings. The van der Waals surface area contributed by atoms with Gasteiger partial charge in [-0.15, -0.1) is 11.8 Å². The van der Waals surface area contributed by atoms with Crippen LogP contribution >= 0.6 is 11.8 Å². The summed E-state index contributed by atoms with van der Waals surface area (Å²) in [6.07, 6.45) is 0. The Bertz CT molecular complexity index is 794. The number of hydrogen-bond donors (Lipinski definition) is 0. The molecule has 2 amide bonds. The summed E-state index contributed by atoms with van der Waals surface area (Å²) < 4.78 is 24.2. The Hall–Kier alpha value is -1.54. The van der Waals surface area contributed by atoms with Gasteiger partial charge in [0, 0.05) is 24.9 Å². The standard InChI is InChI=1S/C17H22N2O4S2/c1-12-5-3-4-6-16(12)24-9-17(21)19-8-7-18(13(2)20)14-10-25(22,23)11-15(14)19/h3-6,14-15H,7-11H2,1-2H3. The van der Waals surface area contributed by atoms with Gasteiger partial charge in [0.1, 0.15) is 0 Å². The number of benzene rings is 1. The zero-order valence-corrected chi connectivity index (χ0v) is 16.0. The predicted molar refractivity (Wildman–Crippen MR) is 97.2 cm³/mol. The highest BCUT2D eigenvalue weighted by atomic mass is 32.2. The molecule has 0 radical (unpaired) electrons. The lowest BCUT2D eigenvalue weighted by Crippen LogP contribution is -2.61. The molecule has 0 aromatic heterocycles. The van der Waals surface area contributed by atoms with Gasteiger partial charge in [-0.3, -0.25) is 9.59 Å². The molecule has 2 unspecified atom stereocenters. The zero-order valence-electron chi connectivity index (χ0n) is 14.3. The topological polar surface area (TPSA) is 74.8 Å². The minimum atomic E-state index is -3.23. The van der Waals surface area contributed by atoms with Gasteiger partial charge in [-0.1, -0.05) is 18.2 Å². The SMILES string of the molecule is CC(=O)N1CCN(C(=O)CSc2ccccc2C)C2CS(=O)(=O)CC21. The molecule has 0 bridgehead atoms. The Morgan fingerprint density at radius 3 is 2.36 bits per heavy atom. The molecular formula is C17H22N2O4S2. The summed E-state index contributed by atoms with van der Waals surface area (Å²) in [6, 6.07) is 7.03. The molecule has 6 nitrogen and oxygen atoms in total. The van der Waals surface area contributed by atoms with Crippen LogP contribution in [0.4, 0.5) is 0 Å². The lowest BCUT2D eigenvalue weighted by molar-refractivity contribution is -0.142. The van der Waals surface area contributed by atoms with Gasteiger partial charge in [-0.05, 0) is 18.6 Å². The van der Waals surface area contributed by atoms with Crippen LogP contribution in [0.2, 0.25) is 0 Å². The van der Waals surface area contributed by atoms with Gasteiger partial charge in [-0.2, -0.15) is 0 Å². The predicted octanol–water partition coefficient (Wildman–Crippen LogP) is 0.943. The molecule has 0 aliphatic carbocycles. The summed E-state index contributed by atoms with van der Waals surface area (Å²) in [4.78, 5) is 28.8. The summed E-state index contributed by atoms with van der Waals surface area (Å²) in [7, 11) is -3.23. The summed E-state index contributed by atoms with van der Waals surface area (Å²) >= 11 is 1.47. The average Bonchev–Trinajstić information content (AvgIpc) is 2.87. The van der Waals surface area contributed by atoms with Crippen molar-refractivity contribution in [1.82, 2.24) is 9.80 Å². The molecule has 3 rings (SSSR count). The fourth-order valence-corrected chi connectivity index (χ4v) is 6.49. The third-order valence-electron chi connectivity index (χ3n) is 4.85. The smallest absolute Gasteiger partial charge is 0.233 e. The van der Waals surface area contributed by atoms with Crippen molar-refractivity contribution in [2.24, 2.45) is 0 Å². The van der Waals surface area contributed by atoms with E-state index in [1.807, 2.05) is 31.2 Å². The van der Waals surface area contributed by atoms with Gasteiger partial charge in [0.15, 0.2) is 9.84 Å². The fraction of sp³-hybridized carbons (Fsp3) is 0.529. The molecule has 2 saturated heterocycles. The Morgan fingerprint density at radius 2 is 1.72 bits per heavy atom. The summed E-state index contributed by atoms with van der Waals surface area (Å²) in [5.74, 6) is -0.0282. The minimum absolute atomic E-state index is 0.0496. The molecule has 0 spiro atoms. The van der Waals surface area contributed by atoms with Crippen LogP contribution in [0.5, 0.6) is 0 Å². The van der Waals surface area contributed by atoms with E-state index in [0.717, 1.165) is 10.5 Å². The number of fused-ring (bicyclic) bond motifs is 1. The van der Waals surface area contributed by atoms with Crippen LogP contribution in [0.15, 0.2) is 29.2 Å². The van der Waals surface area contributed by atoms with Gasteiger partial charge >= 0.3 is 0 Å². The van der Waals surface area contributed by atoms with Crippen molar-refractivity contribution in [3.63, 3.8) is 0 Å².